The molecule has 0 bridgehead atoms. The minimum absolute atomic E-state index is 0.0758. The molecule has 1 aromatic heterocycles. The molecule has 60 valence electrons. The fourth-order valence-corrected chi connectivity index (χ4v) is 0.682. The van der Waals surface area contributed by atoms with E-state index in [2.05, 4.69) is 4.74 Å². The number of furan rings is 1. The first kappa shape index (κ1) is 7.65. The second-order valence-corrected chi connectivity index (χ2v) is 1.93. The third-order valence-electron chi connectivity index (χ3n) is 1.16. The van der Waals surface area contributed by atoms with Crippen LogP contribution in [0, 0.1) is 0 Å². The minimum atomic E-state index is -0.519. The van der Waals surface area contributed by atoms with Gasteiger partial charge >= 0.3 is 5.97 Å². The molecule has 0 saturated carbocycles. The van der Waals surface area contributed by atoms with Crippen molar-refractivity contribution in [2.24, 2.45) is 0 Å². The fourth-order valence-electron chi connectivity index (χ4n) is 0.682. The van der Waals surface area contributed by atoms with E-state index in [4.69, 9.17) is 10.2 Å². The second-order valence-electron chi connectivity index (χ2n) is 1.93. The molecule has 0 amide bonds. The quantitative estimate of drug-likeness (QED) is 0.648. The van der Waals surface area contributed by atoms with Gasteiger partial charge in [-0.15, -0.1) is 0 Å². The molecule has 0 spiro atoms. The van der Waals surface area contributed by atoms with Crippen LogP contribution in [0.5, 0.6) is 0 Å². The molecular weight excluding hydrogens is 146 g/mol. The van der Waals surface area contributed by atoms with Crippen molar-refractivity contribution in [2.45, 2.75) is 6.92 Å². The summed E-state index contributed by atoms with van der Waals surface area (Å²) in [5, 5.41) is 0. The van der Waals surface area contributed by atoms with E-state index in [9.17, 15) is 4.79 Å². The highest BCUT2D eigenvalue weighted by molar-refractivity contribution is 5.91. The molecule has 2 N–H and O–H groups in total. The molecule has 0 unspecified atom stereocenters. The van der Waals surface area contributed by atoms with Crippen molar-refractivity contribution in [3.63, 3.8) is 0 Å². The smallest absolute Gasteiger partial charge is 0.376 e. The Morgan fingerprint density at radius 3 is 3.00 bits per heavy atom. The molecule has 0 aromatic carbocycles. The standard InChI is InChI=1S/C7H9NO3/c1-2-10-7(9)6-5(8)3-4-11-6/h3-4H,2,8H2,1H3. The van der Waals surface area contributed by atoms with Crippen LogP contribution in [0.2, 0.25) is 0 Å². The molecule has 1 aromatic rings. The molecule has 0 fully saturated rings. The lowest BCUT2D eigenvalue weighted by atomic mass is 10.4. The SMILES string of the molecule is CCOC(=O)c1occc1N. The Hall–Kier alpha value is -1.45. The summed E-state index contributed by atoms with van der Waals surface area (Å²) in [6.45, 7) is 2.04. The van der Waals surface area contributed by atoms with Gasteiger partial charge in [-0.1, -0.05) is 0 Å². The van der Waals surface area contributed by atoms with E-state index in [-0.39, 0.29) is 5.76 Å². The van der Waals surface area contributed by atoms with Gasteiger partial charge in [-0.3, -0.25) is 0 Å². The molecular formula is C7H9NO3. The van der Waals surface area contributed by atoms with Gasteiger partial charge in [0.25, 0.3) is 0 Å². The average Bonchev–Trinajstić information content (AvgIpc) is 2.36. The zero-order chi connectivity index (χ0) is 8.27. The van der Waals surface area contributed by atoms with Crippen LogP contribution in [0.4, 0.5) is 5.69 Å². The van der Waals surface area contributed by atoms with Crippen molar-refractivity contribution < 1.29 is 13.9 Å². The number of carbonyl (C=O) groups is 1. The number of hydrogen-bond donors (Lipinski definition) is 1. The predicted octanol–water partition coefficient (Wildman–Crippen LogP) is 1.04. The van der Waals surface area contributed by atoms with Gasteiger partial charge in [0.2, 0.25) is 5.76 Å². The third kappa shape index (κ3) is 1.52. The van der Waals surface area contributed by atoms with Crippen LogP contribution in [0.15, 0.2) is 16.7 Å². The fraction of sp³-hybridized carbons (Fsp3) is 0.286. The molecule has 11 heavy (non-hydrogen) atoms. The third-order valence-corrected chi connectivity index (χ3v) is 1.16. The highest BCUT2D eigenvalue weighted by Gasteiger charge is 2.13. The van der Waals surface area contributed by atoms with Crippen LogP contribution in [0.3, 0.4) is 0 Å². The van der Waals surface area contributed by atoms with Gasteiger partial charge < -0.3 is 14.9 Å². The van der Waals surface area contributed by atoms with Crippen LogP contribution in [-0.2, 0) is 4.74 Å². The highest BCUT2D eigenvalue weighted by atomic mass is 16.5. The van der Waals surface area contributed by atoms with Crippen molar-refractivity contribution in [3.05, 3.63) is 18.1 Å². The molecule has 1 heterocycles. The van der Waals surface area contributed by atoms with Crippen LogP contribution in [-0.4, -0.2) is 12.6 Å². The maximum absolute atomic E-state index is 10.9. The Balaban J connectivity index is 2.76. The predicted molar refractivity (Wildman–Crippen MR) is 39.1 cm³/mol. The molecule has 0 aliphatic heterocycles. The number of esters is 1. The van der Waals surface area contributed by atoms with Gasteiger partial charge in [0, 0.05) is 6.07 Å². The lowest BCUT2D eigenvalue weighted by molar-refractivity contribution is 0.0492. The lowest BCUT2D eigenvalue weighted by Crippen LogP contribution is -2.05. The molecule has 0 saturated heterocycles. The van der Waals surface area contributed by atoms with Crippen molar-refractivity contribution in [2.75, 3.05) is 12.3 Å². The van der Waals surface area contributed by atoms with Crippen molar-refractivity contribution in [1.82, 2.24) is 0 Å². The van der Waals surface area contributed by atoms with Crippen molar-refractivity contribution >= 4 is 11.7 Å². The largest absolute Gasteiger partial charge is 0.460 e. The van der Waals surface area contributed by atoms with Crippen molar-refractivity contribution in [1.29, 1.82) is 0 Å². The Bertz CT molecular complexity index is 254. The van der Waals surface area contributed by atoms with Gasteiger partial charge in [0.1, 0.15) is 0 Å². The lowest BCUT2D eigenvalue weighted by Gasteiger charge is -1.97. The summed E-state index contributed by atoms with van der Waals surface area (Å²) >= 11 is 0. The second kappa shape index (κ2) is 3.09. The van der Waals surface area contributed by atoms with Gasteiger partial charge in [-0.05, 0) is 6.92 Å². The summed E-state index contributed by atoms with van der Waals surface area (Å²) in [7, 11) is 0. The highest BCUT2D eigenvalue weighted by Crippen LogP contribution is 2.12. The van der Waals surface area contributed by atoms with Crippen LogP contribution < -0.4 is 5.73 Å². The number of nitrogens with two attached hydrogens (primary N) is 1. The first-order valence-corrected chi connectivity index (χ1v) is 3.25. The molecule has 0 aliphatic rings. The number of hydrogen-bond acceptors (Lipinski definition) is 4. The van der Waals surface area contributed by atoms with Crippen LogP contribution in [0.25, 0.3) is 0 Å². The molecule has 0 atom stereocenters. The summed E-state index contributed by atoms with van der Waals surface area (Å²) in [6.07, 6.45) is 1.35. The van der Waals surface area contributed by atoms with Crippen molar-refractivity contribution in [3.8, 4) is 0 Å². The summed E-state index contributed by atoms with van der Waals surface area (Å²) in [6, 6.07) is 1.51. The van der Waals surface area contributed by atoms with Gasteiger partial charge in [-0.25, -0.2) is 4.79 Å². The van der Waals surface area contributed by atoms with E-state index >= 15 is 0 Å². The van der Waals surface area contributed by atoms with Gasteiger partial charge in [-0.2, -0.15) is 0 Å². The summed E-state index contributed by atoms with van der Waals surface area (Å²) < 4.78 is 9.43. The topological polar surface area (TPSA) is 65.5 Å². The van der Waals surface area contributed by atoms with Crippen LogP contribution >= 0.6 is 0 Å². The van der Waals surface area contributed by atoms with E-state index < -0.39 is 5.97 Å². The van der Waals surface area contributed by atoms with Gasteiger partial charge in [0.15, 0.2) is 0 Å². The Labute approximate surface area is 63.9 Å². The maximum Gasteiger partial charge on any atom is 0.376 e. The number of rotatable bonds is 2. The molecule has 0 aliphatic carbocycles. The Morgan fingerprint density at radius 2 is 2.55 bits per heavy atom. The van der Waals surface area contributed by atoms with E-state index in [0.717, 1.165) is 0 Å². The number of ether oxygens (including phenoxy) is 1. The zero-order valence-electron chi connectivity index (χ0n) is 6.16. The minimum Gasteiger partial charge on any atom is -0.460 e. The number of anilines is 1. The molecule has 4 nitrogen and oxygen atoms in total. The Kier molecular flexibility index (Phi) is 2.15. The van der Waals surface area contributed by atoms with E-state index in [0.29, 0.717) is 12.3 Å². The van der Waals surface area contributed by atoms with E-state index in [1.165, 1.54) is 12.3 Å². The first-order chi connectivity index (χ1) is 5.25. The zero-order valence-corrected chi connectivity index (χ0v) is 6.16. The molecule has 4 heteroatoms. The monoisotopic (exact) mass is 155 g/mol. The summed E-state index contributed by atoms with van der Waals surface area (Å²) in [4.78, 5) is 10.9. The van der Waals surface area contributed by atoms with E-state index in [1.807, 2.05) is 0 Å². The van der Waals surface area contributed by atoms with Crippen LogP contribution in [0.1, 0.15) is 17.5 Å². The summed E-state index contributed by atoms with van der Waals surface area (Å²) in [5.74, 6) is -0.443. The Morgan fingerprint density at radius 1 is 1.82 bits per heavy atom. The van der Waals surface area contributed by atoms with Gasteiger partial charge in [0.05, 0.1) is 18.6 Å². The first-order valence-electron chi connectivity index (χ1n) is 3.25. The number of carbonyl (C=O) groups excluding carboxylic acids is 1. The summed E-state index contributed by atoms with van der Waals surface area (Å²) in [5.41, 5.74) is 5.69. The maximum atomic E-state index is 10.9. The van der Waals surface area contributed by atoms with E-state index in [1.54, 1.807) is 6.92 Å². The normalized spacial score (nSPS) is 9.55. The number of nitrogen functional groups attached to an aromatic ring is 1. The molecule has 1 rings (SSSR count). The molecule has 0 radical (unpaired) electrons. The average molecular weight is 155 g/mol.